The second-order valence-corrected chi connectivity index (χ2v) is 8.41. The first kappa shape index (κ1) is 19.9. The molecule has 1 amide bonds. The van der Waals surface area contributed by atoms with E-state index in [1.807, 2.05) is 30.0 Å². The number of hydrogen-bond acceptors (Lipinski definition) is 5. The van der Waals surface area contributed by atoms with Crippen LogP contribution in [0.4, 0.5) is 0 Å². The van der Waals surface area contributed by atoms with E-state index in [0.717, 1.165) is 50.2 Å². The summed E-state index contributed by atoms with van der Waals surface area (Å²) < 4.78 is 2.08. The summed E-state index contributed by atoms with van der Waals surface area (Å²) in [6.45, 7) is 11.8. The van der Waals surface area contributed by atoms with Gasteiger partial charge in [-0.2, -0.15) is 0 Å². The zero-order valence-electron chi connectivity index (χ0n) is 16.5. The second kappa shape index (κ2) is 9.37. The molecule has 0 bridgehead atoms. The fourth-order valence-electron chi connectivity index (χ4n) is 3.33. The highest BCUT2D eigenvalue weighted by atomic mass is 32.2. The first-order valence-corrected chi connectivity index (χ1v) is 10.6. The fraction of sp³-hybridized carbons (Fsp3) is 0.550. The van der Waals surface area contributed by atoms with Gasteiger partial charge in [0, 0.05) is 32.7 Å². The van der Waals surface area contributed by atoms with E-state index in [2.05, 4.69) is 45.6 Å². The maximum Gasteiger partial charge on any atom is 0.233 e. The molecule has 1 aliphatic heterocycles. The summed E-state index contributed by atoms with van der Waals surface area (Å²) in [6.07, 6.45) is 0. The molecule has 3 rings (SSSR count). The summed E-state index contributed by atoms with van der Waals surface area (Å²) in [4.78, 5) is 17.0. The van der Waals surface area contributed by atoms with Gasteiger partial charge in [-0.15, -0.1) is 10.2 Å². The van der Waals surface area contributed by atoms with E-state index >= 15 is 0 Å². The van der Waals surface area contributed by atoms with Gasteiger partial charge < -0.3 is 9.47 Å². The van der Waals surface area contributed by atoms with Crippen molar-refractivity contribution in [3.8, 4) is 0 Å². The summed E-state index contributed by atoms with van der Waals surface area (Å²) in [5, 5.41) is 9.28. The van der Waals surface area contributed by atoms with Crippen molar-refractivity contribution in [3.05, 3.63) is 41.7 Å². The summed E-state index contributed by atoms with van der Waals surface area (Å²) in [6, 6.07) is 10.3. The van der Waals surface area contributed by atoms with Gasteiger partial charge >= 0.3 is 0 Å². The number of carbonyl (C=O) groups excluding carboxylic acids is 1. The Morgan fingerprint density at radius 1 is 1.11 bits per heavy atom. The highest BCUT2D eigenvalue weighted by Crippen LogP contribution is 2.19. The second-order valence-electron chi connectivity index (χ2n) is 7.47. The van der Waals surface area contributed by atoms with Crippen molar-refractivity contribution < 1.29 is 4.79 Å². The zero-order chi connectivity index (χ0) is 19.2. The normalized spacial score (nSPS) is 15.5. The lowest BCUT2D eigenvalue weighted by Gasteiger charge is -2.35. The van der Waals surface area contributed by atoms with Crippen LogP contribution in [0.25, 0.3) is 0 Å². The van der Waals surface area contributed by atoms with Gasteiger partial charge in [-0.3, -0.25) is 9.69 Å². The lowest BCUT2D eigenvalue weighted by molar-refractivity contribution is -0.130. The molecule has 1 saturated heterocycles. The molecular formula is C20H29N5OS. The predicted molar refractivity (Wildman–Crippen MR) is 109 cm³/mol. The van der Waals surface area contributed by atoms with E-state index < -0.39 is 0 Å². The molecule has 1 aromatic carbocycles. The third-order valence-corrected chi connectivity index (χ3v) is 5.71. The molecule has 0 spiro atoms. The molecule has 7 heteroatoms. The van der Waals surface area contributed by atoms with Crippen LogP contribution in [0.3, 0.4) is 0 Å². The first-order valence-electron chi connectivity index (χ1n) is 9.59. The standard InChI is InChI=1S/C20H29N5OS/c1-16(2)13-23-9-11-24(12-10-23)19(26)15-27-20-22-21-17(3)25(20)14-18-7-5-4-6-8-18/h4-8,16H,9-15H2,1-3H3. The Morgan fingerprint density at radius 2 is 1.81 bits per heavy atom. The Bertz CT molecular complexity index is 738. The molecule has 0 radical (unpaired) electrons. The molecule has 2 heterocycles. The molecule has 0 N–H and O–H groups in total. The van der Waals surface area contributed by atoms with Gasteiger partial charge in [0.15, 0.2) is 5.16 Å². The molecule has 0 atom stereocenters. The van der Waals surface area contributed by atoms with Gasteiger partial charge in [0.25, 0.3) is 0 Å². The van der Waals surface area contributed by atoms with Gasteiger partial charge in [-0.05, 0) is 18.4 Å². The molecule has 0 unspecified atom stereocenters. The van der Waals surface area contributed by atoms with Crippen LogP contribution in [0.2, 0.25) is 0 Å². The number of piperazine rings is 1. The van der Waals surface area contributed by atoms with Crippen molar-refractivity contribution in [3.63, 3.8) is 0 Å². The van der Waals surface area contributed by atoms with Gasteiger partial charge in [0.05, 0.1) is 12.3 Å². The monoisotopic (exact) mass is 387 g/mol. The van der Waals surface area contributed by atoms with Crippen LogP contribution in [-0.2, 0) is 11.3 Å². The summed E-state index contributed by atoms with van der Waals surface area (Å²) in [5.74, 6) is 2.14. The van der Waals surface area contributed by atoms with Crippen LogP contribution in [-0.4, -0.2) is 68.9 Å². The van der Waals surface area contributed by atoms with Gasteiger partial charge in [-0.25, -0.2) is 0 Å². The number of aryl methyl sites for hydroxylation is 1. The highest BCUT2D eigenvalue weighted by Gasteiger charge is 2.22. The molecule has 6 nitrogen and oxygen atoms in total. The Labute approximate surface area is 165 Å². The van der Waals surface area contributed by atoms with Gasteiger partial charge in [0.1, 0.15) is 5.82 Å². The number of aromatic nitrogens is 3. The largest absolute Gasteiger partial charge is 0.339 e. The molecule has 1 fully saturated rings. The molecular weight excluding hydrogens is 358 g/mol. The quantitative estimate of drug-likeness (QED) is 0.684. The minimum Gasteiger partial charge on any atom is -0.339 e. The average Bonchev–Trinajstić information content (AvgIpc) is 3.00. The maximum absolute atomic E-state index is 12.6. The fourth-order valence-corrected chi connectivity index (χ4v) is 4.22. The summed E-state index contributed by atoms with van der Waals surface area (Å²) in [5.41, 5.74) is 1.20. The van der Waals surface area contributed by atoms with E-state index in [4.69, 9.17) is 0 Å². The Hall–Kier alpha value is -1.86. The Kier molecular flexibility index (Phi) is 6.90. The lowest BCUT2D eigenvalue weighted by Crippen LogP contribution is -2.50. The molecule has 0 aliphatic carbocycles. The van der Waals surface area contributed by atoms with Crippen molar-refractivity contribution in [1.29, 1.82) is 0 Å². The maximum atomic E-state index is 12.6. The van der Waals surface area contributed by atoms with Gasteiger partial charge in [-0.1, -0.05) is 55.9 Å². The van der Waals surface area contributed by atoms with Crippen LogP contribution in [0.1, 0.15) is 25.2 Å². The van der Waals surface area contributed by atoms with Crippen LogP contribution in [0.5, 0.6) is 0 Å². The van der Waals surface area contributed by atoms with E-state index in [-0.39, 0.29) is 5.91 Å². The number of benzene rings is 1. The van der Waals surface area contributed by atoms with Gasteiger partial charge in [0.2, 0.25) is 5.91 Å². The molecule has 27 heavy (non-hydrogen) atoms. The van der Waals surface area contributed by atoms with Crippen molar-refractivity contribution in [2.45, 2.75) is 32.5 Å². The first-order chi connectivity index (χ1) is 13.0. The Morgan fingerprint density at radius 3 is 2.48 bits per heavy atom. The minimum absolute atomic E-state index is 0.191. The highest BCUT2D eigenvalue weighted by molar-refractivity contribution is 7.99. The van der Waals surface area contributed by atoms with Crippen LogP contribution in [0.15, 0.2) is 35.5 Å². The number of nitrogens with zero attached hydrogens (tertiary/aromatic N) is 5. The third kappa shape index (κ3) is 5.56. The molecule has 2 aromatic rings. The van der Waals surface area contributed by atoms with Crippen molar-refractivity contribution in [2.24, 2.45) is 5.92 Å². The minimum atomic E-state index is 0.191. The molecule has 1 aliphatic rings. The van der Waals surface area contributed by atoms with Crippen molar-refractivity contribution in [2.75, 3.05) is 38.5 Å². The van der Waals surface area contributed by atoms with Crippen LogP contribution < -0.4 is 0 Å². The van der Waals surface area contributed by atoms with E-state index in [9.17, 15) is 4.79 Å². The van der Waals surface area contributed by atoms with Crippen LogP contribution >= 0.6 is 11.8 Å². The number of rotatable bonds is 7. The summed E-state index contributed by atoms with van der Waals surface area (Å²) >= 11 is 1.48. The molecule has 146 valence electrons. The number of amides is 1. The smallest absolute Gasteiger partial charge is 0.233 e. The number of carbonyl (C=O) groups is 1. The average molecular weight is 388 g/mol. The van der Waals surface area contributed by atoms with E-state index in [1.54, 1.807) is 0 Å². The molecule has 0 saturated carbocycles. The van der Waals surface area contributed by atoms with Crippen LogP contribution in [0, 0.1) is 12.8 Å². The zero-order valence-corrected chi connectivity index (χ0v) is 17.3. The number of thioether (sulfide) groups is 1. The summed E-state index contributed by atoms with van der Waals surface area (Å²) in [7, 11) is 0. The topological polar surface area (TPSA) is 54.3 Å². The number of hydrogen-bond donors (Lipinski definition) is 0. The SMILES string of the molecule is Cc1nnc(SCC(=O)N2CCN(CC(C)C)CC2)n1Cc1ccccc1. The molecule has 1 aromatic heterocycles. The predicted octanol–water partition coefficient (Wildman–Crippen LogP) is 2.53. The third-order valence-electron chi connectivity index (χ3n) is 4.76. The van der Waals surface area contributed by atoms with E-state index in [0.29, 0.717) is 11.7 Å². The lowest BCUT2D eigenvalue weighted by atomic mass is 10.2. The van der Waals surface area contributed by atoms with Crippen molar-refractivity contribution in [1.82, 2.24) is 24.6 Å². The Balaban J connectivity index is 1.52. The van der Waals surface area contributed by atoms with E-state index in [1.165, 1.54) is 17.3 Å². The van der Waals surface area contributed by atoms with Crippen molar-refractivity contribution >= 4 is 17.7 Å².